The van der Waals surface area contributed by atoms with Crippen LogP contribution in [0.1, 0.15) is 33.6 Å². The van der Waals surface area contributed by atoms with Crippen molar-refractivity contribution in [3.8, 4) is 0 Å². The fourth-order valence-corrected chi connectivity index (χ4v) is 2.45. The van der Waals surface area contributed by atoms with E-state index in [-0.39, 0.29) is 23.8 Å². The van der Waals surface area contributed by atoms with Crippen LogP contribution in [0.3, 0.4) is 0 Å². The Morgan fingerprint density at radius 1 is 1.37 bits per heavy atom. The Balaban J connectivity index is 2.57. The summed E-state index contributed by atoms with van der Waals surface area (Å²) in [5, 5.41) is 3.07. The van der Waals surface area contributed by atoms with Gasteiger partial charge in [-0.1, -0.05) is 27.2 Å². The molecule has 0 radical (unpaired) electrons. The normalized spacial score (nSPS) is 24.3. The van der Waals surface area contributed by atoms with E-state index in [9.17, 15) is 9.59 Å². The first-order valence-electron chi connectivity index (χ1n) is 7.05. The van der Waals surface area contributed by atoms with Gasteiger partial charge in [0.05, 0.1) is 13.7 Å². The summed E-state index contributed by atoms with van der Waals surface area (Å²) in [5.41, 5.74) is 0. The van der Waals surface area contributed by atoms with E-state index in [0.29, 0.717) is 12.5 Å². The molecule has 5 nitrogen and oxygen atoms in total. The van der Waals surface area contributed by atoms with Crippen LogP contribution in [-0.4, -0.2) is 49.6 Å². The van der Waals surface area contributed by atoms with E-state index in [1.807, 2.05) is 13.8 Å². The monoisotopic (exact) mass is 270 g/mol. The molecule has 0 saturated carbocycles. The van der Waals surface area contributed by atoms with Crippen molar-refractivity contribution in [1.29, 1.82) is 0 Å². The third-order valence-corrected chi connectivity index (χ3v) is 3.64. The van der Waals surface area contributed by atoms with Crippen LogP contribution in [0.5, 0.6) is 0 Å². The van der Waals surface area contributed by atoms with Crippen molar-refractivity contribution in [2.75, 3.05) is 26.7 Å². The number of carbonyl (C=O) groups is 2. The van der Waals surface area contributed by atoms with Crippen LogP contribution >= 0.6 is 0 Å². The van der Waals surface area contributed by atoms with Crippen molar-refractivity contribution in [3.05, 3.63) is 0 Å². The zero-order valence-electron chi connectivity index (χ0n) is 12.4. The first kappa shape index (κ1) is 16.0. The summed E-state index contributed by atoms with van der Waals surface area (Å²) >= 11 is 0. The van der Waals surface area contributed by atoms with Gasteiger partial charge >= 0.3 is 5.97 Å². The molecule has 110 valence electrons. The van der Waals surface area contributed by atoms with E-state index >= 15 is 0 Å². The van der Waals surface area contributed by atoms with Crippen LogP contribution in [0, 0.1) is 11.8 Å². The maximum atomic E-state index is 11.8. The van der Waals surface area contributed by atoms with Crippen molar-refractivity contribution < 1.29 is 14.3 Å². The lowest BCUT2D eigenvalue weighted by atomic mass is 9.92. The number of nitrogens with one attached hydrogen (secondary N) is 1. The zero-order chi connectivity index (χ0) is 14.4. The quantitative estimate of drug-likeness (QED) is 0.758. The summed E-state index contributed by atoms with van der Waals surface area (Å²) in [4.78, 5) is 25.2. The number of piperidine rings is 1. The average Bonchev–Trinajstić information content (AvgIpc) is 2.37. The highest BCUT2D eigenvalue weighted by molar-refractivity contribution is 5.78. The van der Waals surface area contributed by atoms with E-state index in [4.69, 9.17) is 4.74 Å². The van der Waals surface area contributed by atoms with Crippen LogP contribution < -0.4 is 5.32 Å². The van der Waals surface area contributed by atoms with Gasteiger partial charge in [-0.3, -0.25) is 14.5 Å². The molecule has 1 aliphatic rings. The van der Waals surface area contributed by atoms with Crippen molar-refractivity contribution in [2.45, 2.75) is 39.7 Å². The number of carbonyl (C=O) groups excluding carboxylic acids is 2. The molecule has 0 bridgehead atoms. The highest BCUT2D eigenvalue weighted by Crippen LogP contribution is 2.20. The maximum Gasteiger partial charge on any atom is 0.319 e. The molecule has 5 heteroatoms. The topological polar surface area (TPSA) is 58.6 Å². The zero-order valence-corrected chi connectivity index (χ0v) is 12.4. The van der Waals surface area contributed by atoms with Gasteiger partial charge in [-0.05, 0) is 12.3 Å². The lowest BCUT2D eigenvalue weighted by Crippen LogP contribution is -2.52. The van der Waals surface area contributed by atoms with Gasteiger partial charge in [0.1, 0.15) is 0 Å². The summed E-state index contributed by atoms with van der Waals surface area (Å²) in [6.45, 7) is 7.86. The fraction of sp³-hybridized carbons (Fsp3) is 0.857. The highest BCUT2D eigenvalue weighted by atomic mass is 16.5. The SMILES string of the molecule is CCC1CC(NC(=O)C(C)C)CN(CC(=O)OC)C1. The molecule has 0 aromatic heterocycles. The second-order valence-corrected chi connectivity index (χ2v) is 5.64. The van der Waals surface area contributed by atoms with Gasteiger partial charge in [0.25, 0.3) is 0 Å². The number of rotatable bonds is 5. The van der Waals surface area contributed by atoms with E-state index < -0.39 is 0 Å². The lowest BCUT2D eigenvalue weighted by Gasteiger charge is -2.37. The van der Waals surface area contributed by atoms with Gasteiger partial charge in [0, 0.05) is 25.0 Å². The predicted octanol–water partition coefficient (Wildman–Crippen LogP) is 1.03. The minimum absolute atomic E-state index is 0.00365. The number of ether oxygens (including phenoxy) is 1. The number of nitrogens with zero attached hydrogens (tertiary/aromatic N) is 1. The molecule has 1 fully saturated rings. The molecule has 2 unspecified atom stereocenters. The van der Waals surface area contributed by atoms with E-state index in [1.54, 1.807) is 0 Å². The van der Waals surface area contributed by atoms with Crippen molar-refractivity contribution in [3.63, 3.8) is 0 Å². The van der Waals surface area contributed by atoms with Gasteiger partial charge in [0.2, 0.25) is 5.91 Å². The van der Waals surface area contributed by atoms with E-state index in [2.05, 4.69) is 17.1 Å². The molecule has 2 atom stereocenters. The van der Waals surface area contributed by atoms with Gasteiger partial charge in [0.15, 0.2) is 0 Å². The minimum atomic E-state index is -0.217. The fourth-order valence-electron chi connectivity index (χ4n) is 2.45. The number of hydrogen-bond acceptors (Lipinski definition) is 4. The van der Waals surface area contributed by atoms with Gasteiger partial charge in [-0.2, -0.15) is 0 Å². The number of amides is 1. The summed E-state index contributed by atoms with van der Waals surface area (Å²) < 4.78 is 4.71. The third-order valence-electron chi connectivity index (χ3n) is 3.64. The molecule has 1 heterocycles. The van der Waals surface area contributed by atoms with Crippen molar-refractivity contribution >= 4 is 11.9 Å². The number of likely N-dealkylation sites (tertiary alicyclic amines) is 1. The second kappa shape index (κ2) is 7.48. The summed E-state index contributed by atoms with van der Waals surface area (Å²) in [6, 6.07) is 0.137. The molecular weight excluding hydrogens is 244 g/mol. The standard InChI is InChI=1S/C14H26N2O3/c1-5-11-6-12(15-14(18)10(2)3)8-16(7-11)9-13(17)19-4/h10-12H,5-9H2,1-4H3,(H,15,18). The Labute approximate surface area is 115 Å². The lowest BCUT2D eigenvalue weighted by molar-refractivity contribution is -0.142. The Bertz CT molecular complexity index is 318. The number of hydrogen-bond donors (Lipinski definition) is 1. The van der Waals surface area contributed by atoms with Crippen LogP contribution in [-0.2, 0) is 14.3 Å². The van der Waals surface area contributed by atoms with Crippen LogP contribution in [0.2, 0.25) is 0 Å². The molecule has 1 rings (SSSR count). The van der Waals surface area contributed by atoms with Crippen LogP contribution in [0.25, 0.3) is 0 Å². The summed E-state index contributed by atoms with van der Waals surface area (Å²) in [6.07, 6.45) is 2.05. The summed E-state index contributed by atoms with van der Waals surface area (Å²) in [7, 11) is 1.40. The molecule has 0 aromatic carbocycles. The molecule has 1 saturated heterocycles. The predicted molar refractivity (Wildman–Crippen MR) is 73.6 cm³/mol. The van der Waals surface area contributed by atoms with Crippen molar-refractivity contribution in [1.82, 2.24) is 10.2 Å². The molecule has 1 aliphatic heterocycles. The first-order valence-corrected chi connectivity index (χ1v) is 7.05. The molecule has 1 amide bonds. The molecule has 1 N–H and O–H groups in total. The third kappa shape index (κ3) is 5.19. The number of esters is 1. The Hall–Kier alpha value is -1.10. The highest BCUT2D eigenvalue weighted by Gasteiger charge is 2.28. The Morgan fingerprint density at radius 3 is 2.58 bits per heavy atom. The molecular formula is C14H26N2O3. The van der Waals surface area contributed by atoms with Gasteiger partial charge in [-0.25, -0.2) is 0 Å². The van der Waals surface area contributed by atoms with Crippen LogP contribution in [0.4, 0.5) is 0 Å². The van der Waals surface area contributed by atoms with Crippen molar-refractivity contribution in [2.24, 2.45) is 11.8 Å². The molecule has 0 spiro atoms. The van der Waals surface area contributed by atoms with Crippen LogP contribution in [0.15, 0.2) is 0 Å². The van der Waals surface area contributed by atoms with E-state index in [0.717, 1.165) is 25.9 Å². The molecule has 0 aliphatic carbocycles. The maximum absolute atomic E-state index is 11.8. The second-order valence-electron chi connectivity index (χ2n) is 5.64. The molecule has 0 aromatic rings. The Morgan fingerprint density at radius 2 is 2.05 bits per heavy atom. The van der Waals surface area contributed by atoms with E-state index in [1.165, 1.54) is 7.11 Å². The minimum Gasteiger partial charge on any atom is -0.468 e. The average molecular weight is 270 g/mol. The van der Waals surface area contributed by atoms with Gasteiger partial charge < -0.3 is 10.1 Å². The number of methoxy groups -OCH3 is 1. The largest absolute Gasteiger partial charge is 0.468 e. The smallest absolute Gasteiger partial charge is 0.319 e. The van der Waals surface area contributed by atoms with Gasteiger partial charge in [-0.15, -0.1) is 0 Å². The summed E-state index contributed by atoms with van der Waals surface area (Å²) in [5.74, 6) is 0.386. The Kier molecular flexibility index (Phi) is 6.28. The first-order chi connectivity index (χ1) is 8.96. The molecule has 19 heavy (non-hydrogen) atoms.